The van der Waals surface area contributed by atoms with Crippen LogP contribution in [0.1, 0.15) is 25.2 Å². The summed E-state index contributed by atoms with van der Waals surface area (Å²) in [7, 11) is 0. The Morgan fingerprint density at radius 3 is 2.76 bits per heavy atom. The van der Waals surface area contributed by atoms with Gasteiger partial charge in [0.05, 0.1) is 12.5 Å². The summed E-state index contributed by atoms with van der Waals surface area (Å²) in [5.74, 6) is 1.11. The summed E-state index contributed by atoms with van der Waals surface area (Å²) in [5, 5.41) is 7.49. The number of nitrogens with two attached hydrogens (primary N) is 1. The molecule has 1 aliphatic rings. The van der Waals surface area contributed by atoms with Gasteiger partial charge in [0.15, 0.2) is 0 Å². The van der Waals surface area contributed by atoms with Gasteiger partial charge < -0.3 is 19.8 Å². The summed E-state index contributed by atoms with van der Waals surface area (Å²) in [5.41, 5.74) is 6.25. The van der Waals surface area contributed by atoms with E-state index < -0.39 is 0 Å². The molecule has 1 aromatic carbocycles. The maximum atomic E-state index is 12.1. The summed E-state index contributed by atoms with van der Waals surface area (Å²) in [6.45, 7) is 3.05. The zero-order valence-corrected chi connectivity index (χ0v) is 11.7. The number of benzene rings is 1. The molecule has 1 amide bonds. The van der Waals surface area contributed by atoms with Crippen LogP contribution in [0.25, 0.3) is 0 Å². The fraction of sp³-hybridized carbons (Fsp3) is 0.357. The molecule has 1 aromatic heterocycles. The molecule has 0 unspecified atom stereocenters. The van der Waals surface area contributed by atoms with E-state index in [9.17, 15) is 4.79 Å². The van der Waals surface area contributed by atoms with Gasteiger partial charge in [-0.05, 0) is 31.2 Å². The van der Waals surface area contributed by atoms with Crippen LogP contribution in [0.5, 0.6) is 5.75 Å². The van der Waals surface area contributed by atoms with E-state index >= 15 is 0 Å². The first-order chi connectivity index (χ1) is 10.2. The Morgan fingerprint density at radius 1 is 1.38 bits per heavy atom. The smallest absolute Gasteiger partial charge is 0.312 e. The van der Waals surface area contributed by atoms with Crippen LogP contribution in [0, 0.1) is 0 Å². The minimum Gasteiger partial charge on any atom is -0.494 e. The van der Waals surface area contributed by atoms with Crippen LogP contribution in [0.4, 0.5) is 11.7 Å². The summed E-state index contributed by atoms with van der Waals surface area (Å²) in [6, 6.07) is 7.46. The van der Waals surface area contributed by atoms with Crippen LogP contribution in [-0.4, -0.2) is 29.3 Å². The highest BCUT2D eigenvalue weighted by atomic mass is 16.5. The van der Waals surface area contributed by atoms with Crippen molar-refractivity contribution in [2.75, 3.05) is 23.8 Å². The Morgan fingerprint density at radius 2 is 2.14 bits per heavy atom. The fourth-order valence-corrected chi connectivity index (χ4v) is 2.42. The molecular weight excluding hydrogens is 272 g/mol. The van der Waals surface area contributed by atoms with E-state index in [4.69, 9.17) is 14.9 Å². The molecule has 21 heavy (non-hydrogen) atoms. The van der Waals surface area contributed by atoms with Crippen molar-refractivity contribution in [2.24, 2.45) is 0 Å². The third-order valence-corrected chi connectivity index (χ3v) is 3.39. The van der Waals surface area contributed by atoms with Crippen LogP contribution in [-0.2, 0) is 4.79 Å². The lowest BCUT2D eigenvalue weighted by Gasteiger charge is -2.16. The lowest BCUT2D eigenvalue weighted by molar-refractivity contribution is -0.117. The number of amides is 1. The number of carbonyl (C=O) groups is 1. The summed E-state index contributed by atoms with van der Waals surface area (Å²) < 4.78 is 10.6. The number of hydrogen-bond acceptors (Lipinski definition) is 6. The molecule has 2 N–H and O–H groups in total. The molecule has 0 aliphatic carbocycles. The summed E-state index contributed by atoms with van der Waals surface area (Å²) >= 11 is 0. The molecule has 1 atom stereocenters. The van der Waals surface area contributed by atoms with E-state index in [1.165, 1.54) is 0 Å². The second kappa shape index (κ2) is 5.43. The first kappa shape index (κ1) is 13.4. The Bertz CT molecular complexity index is 638. The van der Waals surface area contributed by atoms with Crippen LogP contribution >= 0.6 is 0 Å². The molecule has 0 saturated carbocycles. The monoisotopic (exact) mass is 288 g/mol. The maximum absolute atomic E-state index is 12.1. The van der Waals surface area contributed by atoms with Crippen LogP contribution in [0.15, 0.2) is 28.7 Å². The van der Waals surface area contributed by atoms with Gasteiger partial charge in [-0.2, -0.15) is 0 Å². The first-order valence-electron chi connectivity index (χ1n) is 6.79. The second-order valence-electron chi connectivity index (χ2n) is 4.81. The molecule has 2 heterocycles. The van der Waals surface area contributed by atoms with Gasteiger partial charge in [0.25, 0.3) is 0 Å². The van der Waals surface area contributed by atoms with Crippen molar-refractivity contribution in [2.45, 2.75) is 19.3 Å². The molecule has 1 aliphatic heterocycles. The lowest BCUT2D eigenvalue weighted by Crippen LogP contribution is -2.24. The first-order valence-corrected chi connectivity index (χ1v) is 6.79. The number of ether oxygens (including phenoxy) is 1. The van der Waals surface area contributed by atoms with Gasteiger partial charge >= 0.3 is 6.01 Å². The molecule has 7 heteroatoms. The summed E-state index contributed by atoms with van der Waals surface area (Å²) in [6.07, 6.45) is 0.342. The van der Waals surface area contributed by atoms with Crippen molar-refractivity contribution in [3.8, 4) is 5.75 Å². The number of aromatic nitrogens is 2. The van der Waals surface area contributed by atoms with E-state index in [0.717, 1.165) is 11.4 Å². The third-order valence-electron chi connectivity index (χ3n) is 3.39. The summed E-state index contributed by atoms with van der Waals surface area (Å²) in [4.78, 5) is 13.9. The molecule has 3 rings (SSSR count). The Kier molecular flexibility index (Phi) is 3.47. The molecule has 2 aromatic rings. The van der Waals surface area contributed by atoms with E-state index in [0.29, 0.717) is 25.5 Å². The van der Waals surface area contributed by atoms with Gasteiger partial charge in [0.2, 0.25) is 11.8 Å². The number of nitrogen functional groups attached to an aromatic ring is 1. The average molecular weight is 288 g/mol. The van der Waals surface area contributed by atoms with Crippen molar-refractivity contribution >= 4 is 17.6 Å². The Hall–Kier alpha value is -2.57. The highest BCUT2D eigenvalue weighted by molar-refractivity contribution is 5.96. The molecule has 7 nitrogen and oxygen atoms in total. The predicted octanol–water partition coefficient (Wildman–Crippen LogP) is 1.57. The van der Waals surface area contributed by atoms with Crippen LogP contribution in [0.3, 0.4) is 0 Å². The van der Waals surface area contributed by atoms with Gasteiger partial charge in [0, 0.05) is 18.7 Å². The van der Waals surface area contributed by atoms with Gasteiger partial charge in [-0.25, -0.2) is 0 Å². The molecule has 0 spiro atoms. The number of anilines is 2. The number of carbonyl (C=O) groups excluding carboxylic acids is 1. The molecular formula is C14H16N4O3. The number of rotatable bonds is 4. The predicted molar refractivity (Wildman–Crippen MR) is 76.0 cm³/mol. The third kappa shape index (κ3) is 2.67. The maximum Gasteiger partial charge on any atom is 0.312 e. The average Bonchev–Trinajstić information content (AvgIpc) is 3.06. The molecule has 110 valence electrons. The van der Waals surface area contributed by atoms with Gasteiger partial charge in [-0.3, -0.25) is 4.79 Å². The highest BCUT2D eigenvalue weighted by Gasteiger charge is 2.34. The van der Waals surface area contributed by atoms with Crippen LogP contribution in [0.2, 0.25) is 0 Å². The zero-order valence-electron chi connectivity index (χ0n) is 11.7. The van der Waals surface area contributed by atoms with E-state index in [2.05, 4.69) is 10.2 Å². The molecule has 1 saturated heterocycles. The molecule has 0 radical (unpaired) electrons. The Balaban J connectivity index is 1.75. The molecule has 0 bridgehead atoms. The van der Waals surface area contributed by atoms with Crippen molar-refractivity contribution in [1.82, 2.24) is 10.2 Å². The SMILES string of the molecule is CCOc1ccc(N2C[C@@H](c3nnc(N)o3)CC2=O)cc1. The standard InChI is InChI=1S/C14H16N4O3/c1-2-20-11-5-3-10(4-6-11)18-8-9(7-12(18)19)13-16-17-14(15)21-13/h3-6,9H,2,7-8H2,1H3,(H2,15,17)/t9-/m0/s1. The molecule has 1 fully saturated rings. The quantitative estimate of drug-likeness (QED) is 0.917. The second-order valence-corrected chi connectivity index (χ2v) is 4.81. The van der Waals surface area contributed by atoms with Crippen molar-refractivity contribution < 1.29 is 13.9 Å². The number of hydrogen-bond donors (Lipinski definition) is 1. The topological polar surface area (TPSA) is 94.5 Å². The van der Waals surface area contributed by atoms with Crippen molar-refractivity contribution in [3.05, 3.63) is 30.2 Å². The minimum absolute atomic E-state index is 0.0250. The van der Waals surface area contributed by atoms with Gasteiger partial charge in [-0.1, -0.05) is 5.10 Å². The lowest BCUT2D eigenvalue weighted by atomic mass is 10.1. The largest absolute Gasteiger partial charge is 0.494 e. The van der Waals surface area contributed by atoms with Crippen LogP contribution < -0.4 is 15.4 Å². The van der Waals surface area contributed by atoms with Gasteiger partial charge in [0.1, 0.15) is 5.75 Å². The minimum atomic E-state index is -0.117. The van der Waals surface area contributed by atoms with E-state index in [1.807, 2.05) is 31.2 Å². The fourth-order valence-electron chi connectivity index (χ4n) is 2.42. The van der Waals surface area contributed by atoms with Crippen molar-refractivity contribution in [1.29, 1.82) is 0 Å². The van der Waals surface area contributed by atoms with E-state index in [1.54, 1.807) is 4.90 Å². The normalized spacial score (nSPS) is 18.2. The Labute approximate surface area is 121 Å². The van der Waals surface area contributed by atoms with Gasteiger partial charge in [-0.15, -0.1) is 5.10 Å². The number of nitrogens with zero attached hydrogens (tertiary/aromatic N) is 3. The van der Waals surface area contributed by atoms with E-state index in [-0.39, 0.29) is 17.8 Å². The highest BCUT2D eigenvalue weighted by Crippen LogP contribution is 2.32. The van der Waals surface area contributed by atoms with Crippen molar-refractivity contribution in [3.63, 3.8) is 0 Å². The zero-order chi connectivity index (χ0) is 14.8.